The second kappa shape index (κ2) is 7.43. The predicted octanol–water partition coefficient (Wildman–Crippen LogP) is 3.34. The predicted molar refractivity (Wildman–Crippen MR) is 88.4 cm³/mol. The zero-order valence-electron chi connectivity index (χ0n) is 12.4. The van der Waals surface area contributed by atoms with Gasteiger partial charge < -0.3 is 15.4 Å². The number of hydrogen-bond acceptors (Lipinski definition) is 3. The molecule has 2 atom stereocenters. The molecule has 1 aromatic carbocycles. The number of benzene rings is 1. The van der Waals surface area contributed by atoms with Gasteiger partial charge in [-0.1, -0.05) is 13.0 Å². The molecule has 2 N–H and O–H groups in total. The summed E-state index contributed by atoms with van der Waals surface area (Å²) in [5.74, 6) is 0. The Labute approximate surface area is 130 Å². The molecule has 0 saturated carbocycles. The molecule has 0 aliphatic carbocycles. The van der Waals surface area contributed by atoms with Gasteiger partial charge in [-0.25, -0.2) is 0 Å². The zero-order valence-corrected chi connectivity index (χ0v) is 14.0. The van der Waals surface area contributed by atoms with E-state index < -0.39 is 0 Å². The molecule has 1 aliphatic heterocycles. The van der Waals surface area contributed by atoms with E-state index >= 15 is 0 Å². The first-order valence-corrected chi connectivity index (χ1v) is 8.25. The standard InChI is InChI=1S/C16H25BrN2O/c1-3-13(18)9-12-6-7-16(15(17)10-12)19-8-4-5-14(11-19)20-2/h6-7,10,13-14H,3-5,8-9,11,18H2,1-2H3. The number of hydrogen-bond donors (Lipinski definition) is 1. The van der Waals surface area contributed by atoms with Gasteiger partial charge in [0, 0.05) is 30.7 Å². The van der Waals surface area contributed by atoms with Gasteiger partial charge in [0.1, 0.15) is 0 Å². The van der Waals surface area contributed by atoms with Crippen LogP contribution in [0.5, 0.6) is 0 Å². The fourth-order valence-electron chi connectivity index (χ4n) is 2.73. The van der Waals surface area contributed by atoms with Crippen LogP contribution in [0.4, 0.5) is 5.69 Å². The van der Waals surface area contributed by atoms with E-state index in [1.165, 1.54) is 17.7 Å². The van der Waals surface area contributed by atoms with Crippen LogP contribution >= 0.6 is 15.9 Å². The summed E-state index contributed by atoms with van der Waals surface area (Å²) in [6.45, 7) is 4.21. The number of ether oxygens (including phenoxy) is 1. The third-order valence-electron chi connectivity index (χ3n) is 4.09. The highest BCUT2D eigenvalue weighted by Crippen LogP contribution is 2.30. The third kappa shape index (κ3) is 3.96. The largest absolute Gasteiger partial charge is 0.380 e. The van der Waals surface area contributed by atoms with Crippen molar-refractivity contribution in [2.75, 3.05) is 25.1 Å². The van der Waals surface area contributed by atoms with Crippen LogP contribution in [0.3, 0.4) is 0 Å². The van der Waals surface area contributed by atoms with E-state index in [4.69, 9.17) is 10.5 Å². The van der Waals surface area contributed by atoms with Crippen LogP contribution in [0, 0.1) is 0 Å². The number of nitrogens with two attached hydrogens (primary N) is 1. The monoisotopic (exact) mass is 340 g/mol. The lowest BCUT2D eigenvalue weighted by Crippen LogP contribution is -2.39. The molecular formula is C16H25BrN2O. The van der Waals surface area contributed by atoms with Crippen LogP contribution in [0.25, 0.3) is 0 Å². The van der Waals surface area contributed by atoms with Crippen molar-refractivity contribution in [1.29, 1.82) is 0 Å². The molecule has 1 saturated heterocycles. The summed E-state index contributed by atoms with van der Waals surface area (Å²) in [5.41, 5.74) is 8.60. The Morgan fingerprint density at radius 1 is 1.50 bits per heavy atom. The van der Waals surface area contributed by atoms with Crippen molar-refractivity contribution in [1.82, 2.24) is 0 Å². The molecule has 0 bridgehead atoms. The second-order valence-electron chi connectivity index (χ2n) is 5.60. The minimum absolute atomic E-state index is 0.251. The zero-order chi connectivity index (χ0) is 14.5. The summed E-state index contributed by atoms with van der Waals surface area (Å²) in [6, 6.07) is 6.87. The molecule has 1 heterocycles. The summed E-state index contributed by atoms with van der Waals surface area (Å²) in [5, 5.41) is 0. The molecule has 0 radical (unpaired) electrons. The lowest BCUT2D eigenvalue weighted by atomic mass is 10.0. The molecule has 20 heavy (non-hydrogen) atoms. The van der Waals surface area contributed by atoms with Gasteiger partial charge in [-0.3, -0.25) is 0 Å². The van der Waals surface area contributed by atoms with Gasteiger partial charge in [0.05, 0.1) is 11.8 Å². The maximum absolute atomic E-state index is 6.03. The highest BCUT2D eigenvalue weighted by molar-refractivity contribution is 9.10. The van der Waals surface area contributed by atoms with Crippen molar-refractivity contribution >= 4 is 21.6 Å². The van der Waals surface area contributed by atoms with Crippen molar-refractivity contribution in [3.05, 3.63) is 28.2 Å². The number of piperidine rings is 1. The molecule has 2 rings (SSSR count). The molecule has 4 heteroatoms. The van der Waals surface area contributed by atoms with Crippen LogP contribution < -0.4 is 10.6 Å². The Morgan fingerprint density at radius 2 is 2.30 bits per heavy atom. The Balaban J connectivity index is 2.09. The van der Waals surface area contributed by atoms with Gasteiger partial charge >= 0.3 is 0 Å². The minimum atomic E-state index is 0.251. The van der Waals surface area contributed by atoms with Crippen molar-refractivity contribution in [2.45, 2.75) is 44.8 Å². The van der Waals surface area contributed by atoms with Gasteiger partial charge in [0.2, 0.25) is 0 Å². The van der Waals surface area contributed by atoms with Crippen molar-refractivity contribution in [2.24, 2.45) is 5.73 Å². The van der Waals surface area contributed by atoms with Crippen LogP contribution in [-0.4, -0.2) is 32.3 Å². The molecular weight excluding hydrogens is 316 g/mol. The fraction of sp³-hybridized carbons (Fsp3) is 0.625. The maximum Gasteiger partial charge on any atom is 0.0746 e. The van der Waals surface area contributed by atoms with Crippen molar-refractivity contribution < 1.29 is 4.74 Å². The van der Waals surface area contributed by atoms with Crippen molar-refractivity contribution in [3.63, 3.8) is 0 Å². The Bertz CT molecular complexity index is 438. The summed E-state index contributed by atoms with van der Waals surface area (Å²) in [4.78, 5) is 2.41. The van der Waals surface area contributed by atoms with E-state index in [1.54, 1.807) is 7.11 Å². The number of halogens is 1. The quantitative estimate of drug-likeness (QED) is 0.893. The molecule has 3 nitrogen and oxygen atoms in total. The van der Waals surface area contributed by atoms with Gasteiger partial charge in [-0.05, 0) is 59.3 Å². The molecule has 1 aromatic rings. The Hall–Kier alpha value is -0.580. The first kappa shape index (κ1) is 15.8. The van der Waals surface area contributed by atoms with E-state index in [9.17, 15) is 0 Å². The number of rotatable bonds is 5. The third-order valence-corrected chi connectivity index (χ3v) is 4.72. The van der Waals surface area contributed by atoms with Gasteiger partial charge in [0.25, 0.3) is 0 Å². The van der Waals surface area contributed by atoms with Crippen LogP contribution in [0.15, 0.2) is 22.7 Å². The number of anilines is 1. The first-order chi connectivity index (χ1) is 9.63. The van der Waals surface area contributed by atoms with Gasteiger partial charge in [0.15, 0.2) is 0 Å². The second-order valence-corrected chi connectivity index (χ2v) is 6.46. The smallest absolute Gasteiger partial charge is 0.0746 e. The van der Waals surface area contributed by atoms with E-state index in [1.807, 2.05) is 0 Å². The molecule has 112 valence electrons. The highest BCUT2D eigenvalue weighted by Gasteiger charge is 2.21. The average Bonchev–Trinajstić information content (AvgIpc) is 2.47. The molecule has 1 fully saturated rings. The Morgan fingerprint density at radius 3 is 2.95 bits per heavy atom. The van der Waals surface area contributed by atoms with Gasteiger partial charge in [-0.15, -0.1) is 0 Å². The van der Waals surface area contributed by atoms with E-state index in [2.05, 4.69) is 46.0 Å². The molecule has 0 spiro atoms. The number of nitrogens with zero attached hydrogens (tertiary/aromatic N) is 1. The topological polar surface area (TPSA) is 38.5 Å². The number of methoxy groups -OCH3 is 1. The molecule has 1 aliphatic rings. The summed E-state index contributed by atoms with van der Waals surface area (Å²) < 4.78 is 6.66. The molecule has 0 amide bonds. The van der Waals surface area contributed by atoms with E-state index in [0.29, 0.717) is 6.10 Å². The van der Waals surface area contributed by atoms with Crippen molar-refractivity contribution in [3.8, 4) is 0 Å². The van der Waals surface area contributed by atoms with Crippen LogP contribution in [0.1, 0.15) is 31.7 Å². The minimum Gasteiger partial charge on any atom is -0.380 e. The summed E-state index contributed by atoms with van der Waals surface area (Å²) in [7, 11) is 1.80. The summed E-state index contributed by atoms with van der Waals surface area (Å²) >= 11 is 3.71. The highest BCUT2D eigenvalue weighted by atomic mass is 79.9. The van der Waals surface area contributed by atoms with E-state index in [0.717, 1.165) is 36.8 Å². The van der Waals surface area contributed by atoms with Gasteiger partial charge in [-0.2, -0.15) is 0 Å². The average molecular weight is 341 g/mol. The van der Waals surface area contributed by atoms with Crippen LogP contribution in [0.2, 0.25) is 0 Å². The normalized spacial score (nSPS) is 21.0. The summed E-state index contributed by atoms with van der Waals surface area (Å²) in [6.07, 6.45) is 4.65. The van der Waals surface area contributed by atoms with E-state index in [-0.39, 0.29) is 6.04 Å². The SMILES string of the molecule is CCC(N)Cc1ccc(N2CCCC(OC)C2)c(Br)c1. The molecule has 2 unspecified atom stereocenters. The molecule has 0 aromatic heterocycles. The maximum atomic E-state index is 6.03. The first-order valence-electron chi connectivity index (χ1n) is 7.45. The lowest BCUT2D eigenvalue weighted by Gasteiger charge is -2.34. The lowest BCUT2D eigenvalue weighted by molar-refractivity contribution is 0.0893. The van der Waals surface area contributed by atoms with Crippen LogP contribution in [-0.2, 0) is 11.2 Å². The Kier molecular flexibility index (Phi) is 5.87. The fourth-order valence-corrected chi connectivity index (χ4v) is 3.41.